The summed E-state index contributed by atoms with van der Waals surface area (Å²) in [5.74, 6) is -0.909. The average Bonchev–Trinajstić information content (AvgIpc) is 3.44. The number of unbranched alkanes of at least 4 members (excludes halogenated alkanes) is 36. The normalized spacial score (nSPS) is 12.6. The van der Waals surface area contributed by atoms with E-state index in [4.69, 9.17) is 14.2 Å². The summed E-state index contributed by atoms with van der Waals surface area (Å²) < 4.78 is 16.9. The highest BCUT2D eigenvalue weighted by Gasteiger charge is 2.19. The van der Waals surface area contributed by atoms with E-state index in [9.17, 15) is 14.4 Å². The van der Waals surface area contributed by atoms with Crippen LogP contribution in [0.25, 0.3) is 0 Å². The molecule has 450 valence electrons. The Balaban J connectivity index is 4.37. The lowest BCUT2D eigenvalue weighted by atomic mass is 10.0. The van der Waals surface area contributed by atoms with Crippen molar-refractivity contribution in [1.29, 1.82) is 0 Å². The van der Waals surface area contributed by atoms with Crippen LogP contribution in [0.5, 0.6) is 0 Å². The predicted octanol–water partition coefficient (Wildman–Crippen LogP) is 23.1. The van der Waals surface area contributed by atoms with E-state index in [0.29, 0.717) is 19.3 Å². The molecular formula is C72H126O6. The van der Waals surface area contributed by atoms with Crippen molar-refractivity contribution >= 4 is 17.9 Å². The molecule has 0 saturated carbocycles. The van der Waals surface area contributed by atoms with Crippen LogP contribution >= 0.6 is 0 Å². The van der Waals surface area contributed by atoms with Gasteiger partial charge in [0.25, 0.3) is 0 Å². The monoisotopic (exact) mass is 1090 g/mol. The summed E-state index contributed by atoms with van der Waals surface area (Å²) in [6.07, 6.45) is 87.4. The number of rotatable bonds is 61. The zero-order chi connectivity index (χ0) is 56.4. The Labute approximate surface area is 484 Å². The standard InChI is InChI=1S/C72H126O6/c1-4-7-10-13-16-19-22-25-28-31-33-34-35-36-37-39-41-44-47-50-53-56-59-62-65-71(74)77-68-69(67-76-70(73)64-61-58-55-52-49-46-43-40-30-27-24-21-18-15-12-9-6-3)78-72(75)66-63-60-57-54-51-48-45-42-38-32-29-26-23-20-17-14-11-8-5-2/h9,12,17-18,20-21,26-27,29-30,38,42-43,46,69H,4-8,10-11,13-16,19,22-25,28,31-37,39-41,44-45,47-68H2,1-3H3/b12-9-,20-17-,21-18-,29-26-,30-27-,42-38-,46-43-. The fourth-order valence-electron chi connectivity index (χ4n) is 9.62. The van der Waals surface area contributed by atoms with Crippen LogP contribution < -0.4 is 0 Å². The van der Waals surface area contributed by atoms with Gasteiger partial charge in [0.15, 0.2) is 6.10 Å². The Morgan fingerprint density at radius 3 is 0.808 bits per heavy atom. The largest absolute Gasteiger partial charge is 0.462 e. The minimum absolute atomic E-state index is 0.0875. The molecule has 0 aromatic carbocycles. The predicted molar refractivity (Wildman–Crippen MR) is 339 cm³/mol. The smallest absolute Gasteiger partial charge is 0.306 e. The topological polar surface area (TPSA) is 78.9 Å². The first-order valence-electron chi connectivity index (χ1n) is 33.6. The summed E-state index contributed by atoms with van der Waals surface area (Å²) in [4.78, 5) is 38.4. The van der Waals surface area contributed by atoms with Crippen LogP contribution in [0.2, 0.25) is 0 Å². The van der Waals surface area contributed by atoms with E-state index in [1.165, 1.54) is 173 Å². The molecule has 0 rings (SSSR count). The third kappa shape index (κ3) is 63.4. The van der Waals surface area contributed by atoms with Crippen molar-refractivity contribution in [2.45, 2.75) is 341 Å². The molecule has 0 aliphatic carbocycles. The molecule has 0 spiro atoms. The lowest BCUT2D eigenvalue weighted by Crippen LogP contribution is -2.30. The molecule has 6 heteroatoms. The number of hydrogen-bond donors (Lipinski definition) is 0. The van der Waals surface area contributed by atoms with E-state index in [1.54, 1.807) is 0 Å². The average molecular weight is 1090 g/mol. The first-order chi connectivity index (χ1) is 38.5. The summed E-state index contributed by atoms with van der Waals surface area (Å²) >= 11 is 0. The van der Waals surface area contributed by atoms with E-state index < -0.39 is 6.10 Å². The fraction of sp³-hybridized carbons (Fsp3) is 0.764. The molecule has 0 radical (unpaired) electrons. The van der Waals surface area contributed by atoms with Gasteiger partial charge >= 0.3 is 17.9 Å². The van der Waals surface area contributed by atoms with Crippen LogP contribution in [0.15, 0.2) is 85.1 Å². The van der Waals surface area contributed by atoms with Gasteiger partial charge < -0.3 is 14.2 Å². The maximum absolute atomic E-state index is 12.9. The highest BCUT2D eigenvalue weighted by Crippen LogP contribution is 2.17. The van der Waals surface area contributed by atoms with Gasteiger partial charge in [-0.15, -0.1) is 0 Å². The molecule has 0 N–H and O–H groups in total. The zero-order valence-electron chi connectivity index (χ0n) is 51.7. The van der Waals surface area contributed by atoms with Gasteiger partial charge in [-0.2, -0.15) is 0 Å². The van der Waals surface area contributed by atoms with Crippen molar-refractivity contribution in [3.05, 3.63) is 85.1 Å². The van der Waals surface area contributed by atoms with Crippen LogP contribution in [0, 0.1) is 0 Å². The number of esters is 3. The quantitative estimate of drug-likeness (QED) is 0.0261. The second-order valence-electron chi connectivity index (χ2n) is 22.4. The number of ether oxygens (including phenoxy) is 3. The van der Waals surface area contributed by atoms with Gasteiger partial charge in [0.05, 0.1) is 0 Å². The van der Waals surface area contributed by atoms with Gasteiger partial charge in [-0.1, -0.05) is 305 Å². The molecule has 0 aromatic rings. The van der Waals surface area contributed by atoms with Crippen molar-refractivity contribution < 1.29 is 28.6 Å². The van der Waals surface area contributed by atoms with Crippen LogP contribution in [0.4, 0.5) is 0 Å². The van der Waals surface area contributed by atoms with Crippen molar-refractivity contribution in [2.24, 2.45) is 0 Å². The van der Waals surface area contributed by atoms with Gasteiger partial charge in [-0.3, -0.25) is 14.4 Å². The number of carbonyl (C=O) groups excluding carboxylic acids is 3. The van der Waals surface area contributed by atoms with Crippen LogP contribution in [0.1, 0.15) is 335 Å². The third-order valence-electron chi connectivity index (χ3n) is 14.6. The minimum atomic E-state index is -0.795. The third-order valence-corrected chi connectivity index (χ3v) is 14.6. The molecule has 6 nitrogen and oxygen atoms in total. The van der Waals surface area contributed by atoms with Crippen molar-refractivity contribution in [1.82, 2.24) is 0 Å². The number of allylic oxidation sites excluding steroid dienone is 14. The van der Waals surface area contributed by atoms with Crippen LogP contribution in [0.3, 0.4) is 0 Å². The van der Waals surface area contributed by atoms with Crippen molar-refractivity contribution in [2.75, 3.05) is 13.2 Å². The number of carbonyl (C=O) groups is 3. The molecule has 0 aliphatic rings. The molecule has 0 heterocycles. The zero-order valence-corrected chi connectivity index (χ0v) is 51.7. The molecular weight excluding hydrogens is 961 g/mol. The Morgan fingerprint density at radius 1 is 0.269 bits per heavy atom. The Bertz CT molecular complexity index is 1480. The molecule has 0 aliphatic heterocycles. The first kappa shape index (κ1) is 74.6. The summed E-state index contributed by atoms with van der Waals surface area (Å²) in [5.41, 5.74) is 0. The molecule has 1 unspecified atom stereocenters. The number of hydrogen-bond acceptors (Lipinski definition) is 6. The summed E-state index contributed by atoms with van der Waals surface area (Å²) in [5, 5.41) is 0. The molecule has 0 fully saturated rings. The van der Waals surface area contributed by atoms with E-state index in [2.05, 4.69) is 106 Å². The molecule has 0 aromatic heterocycles. The van der Waals surface area contributed by atoms with E-state index in [0.717, 1.165) is 122 Å². The maximum atomic E-state index is 12.9. The highest BCUT2D eigenvalue weighted by molar-refractivity contribution is 5.71. The van der Waals surface area contributed by atoms with E-state index >= 15 is 0 Å². The van der Waals surface area contributed by atoms with Gasteiger partial charge in [0.1, 0.15) is 13.2 Å². The first-order valence-corrected chi connectivity index (χ1v) is 33.6. The van der Waals surface area contributed by atoms with Gasteiger partial charge in [-0.25, -0.2) is 0 Å². The SMILES string of the molecule is CC/C=C\C/C=C\C/C=C\C/C=C\CCCCCCC(=O)OCC(COC(=O)CCCCCCCCCCCCCCCCCCCCCCCCCC)OC(=O)CCCCCCCC/C=C\C/C=C\C/C=C\CCCCC. The lowest BCUT2D eigenvalue weighted by Gasteiger charge is -2.18. The van der Waals surface area contributed by atoms with Crippen LogP contribution in [-0.4, -0.2) is 37.2 Å². The lowest BCUT2D eigenvalue weighted by molar-refractivity contribution is -0.167. The Kier molecular flexibility index (Phi) is 63.2. The summed E-state index contributed by atoms with van der Waals surface area (Å²) in [6, 6.07) is 0. The highest BCUT2D eigenvalue weighted by atomic mass is 16.6. The fourth-order valence-corrected chi connectivity index (χ4v) is 9.62. The maximum Gasteiger partial charge on any atom is 0.306 e. The van der Waals surface area contributed by atoms with Crippen molar-refractivity contribution in [3.8, 4) is 0 Å². The Morgan fingerprint density at radius 2 is 0.500 bits per heavy atom. The van der Waals surface area contributed by atoms with Gasteiger partial charge in [-0.05, 0) is 96.3 Å². The molecule has 0 bridgehead atoms. The van der Waals surface area contributed by atoms with Crippen LogP contribution in [-0.2, 0) is 28.6 Å². The van der Waals surface area contributed by atoms with Gasteiger partial charge in [0.2, 0.25) is 0 Å². The second-order valence-corrected chi connectivity index (χ2v) is 22.4. The summed E-state index contributed by atoms with van der Waals surface area (Å²) in [7, 11) is 0. The van der Waals surface area contributed by atoms with E-state index in [1.807, 2.05) is 0 Å². The molecule has 1 atom stereocenters. The molecule has 78 heavy (non-hydrogen) atoms. The summed E-state index contributed by atoms with van der Waals surface area (Å²) in [6.45, 7) is 6.51. The molecule has 0 saturated heterocycles. The van der Waals surface area contributed by atoms with Gasteiger partial charge in [0, 0.05) is 19.3 Å². The second kappa shape index (κ2) is 66.1. The minimum Gasteiger partial charge on any atom is -0.462 e. The van der Waals surface area contributed by atoms with Crippen molar-refractivity contribution in [3.63, 3.8) is 0 Å². The molecule has 0 amide bonds. The van der Waals surface area contributed by atoms with E-state index in [-0.39, 0.29) is 31.1 Å². The Hall–Kier alpha value is -3.41.